The number of nitrogen functional groups attached to an aromatic ring is 1. The van der Waals surface area contributed by atoms with Crippen molar-refractivity contribution in [2.24, 2.45) is 7.05 Å². The smallest absolute Gasteiger partial charge is 0.328 e. The van der Waals surface area contributed by atoms with E-state index in [1.54, 1.807) is 17.9 Å². The van der Waals surface area contributed by atoms with E-state index in [-0.39, 0.29) is 17.9 Å². The molecule has 0 amide bonds. The monoisotopic (exact) mass is 259 g/mol. The van der Waals surface area contributed by atoms with Crippen LogP contribution in [0.2, 0.25) is 0 Å². The van der Waals surface area contributed by atoms with Crippen LogP contribution in [0.3, 0.4) is 0 Å². The van der Waals surface area contributed by atoms with Crippen LogP contribution in [-0.2, 0) is 7.05 Å². The predicted molar refractivity (Wildman–Crippen MR) is 62.4 cm³/mol. The molecule has 3 aromatic heterocycles. The van der Waals surface area contributed by atoms with Gasteiger partial charge >= 0.3 is 6.01 Å². The summed E-state index contributed by atoms with van der Waals surface area (Å²) >= 11 is 0. The van der Waals surface area contributed by atoms with Crippen molar-refractivity contribution >= 4 is 5.95 Å². The zero-order chi connectivity index (χ0) is 13.2. The fraction of sp³-hybridized carbons (Fsp3) is 0.111. The molecular formula is C9H9N9O. The Labute approximate surface area is 106 Å². The van der Waals surface area contributed by atoms with Crippen molar-refractivity contribution in [1.29, 1.82) is 0 Å². The standard InChI is InChI=1S/C9H9N9O/c1-17-3-6(2-12-17)19-9-15-7(10)14-8(16-9)18-5-11-4-13-18/h2-5H,1H3,(H2,10,14,15,16). The lowest BCUT2D eigenvalue weighted by Crippen LogP contribution is -2.07. The lowest BCUT2D eigenvalue weighted by molar-refractivity contribution is 0.438. The molecule has 0 radical (unpaired) electrons. The highest BCUT2D eigenvalue weighted by atomic mass is 16.5. The van der Waals surface area contributed by atoms with Gasteiger partial charge in [-0.05, 0) is 0 Å². The summed E-state index contributed by atoms with van der Waals surface area (Å²) in [5, 5.41) is 7.87. The Morgan fingerprint density at radius 3 is 2.79 bits per heavy atom. The van der Waals surface area contributed by atoms with Gasteiger partial charge in [0, 0.05) is 7.05 Å². The Morgan fingerprint density at radius 2 is 2.11 bits per heavy atom. The van der Waals surface area contributed by atoms with Crippen LogP contribution in [0.5, 0.6) is 11.8 Å². The largest absolute Gasteiger partial charge is 0.421 e. The molecule has 0 fully saturated rings. The minimum atomic E-state index is 0.0272. The first-order chi connectivity index (χ1) is 9.20. The van der Waals surface area contributed by atoms with E-state index in [4.69, 9.17) is 10.5 Å². The molecule has 0 saturated carbocycles. The Morgan fingerprint density at radius 1 is 1.21 bits per heavy atom. The second kappa shape index (κ2) is 4.33. The van der Waals surface area contributed by atoms with Crippen molar-refractivity contribution in [3.63, 3.8) is 0 Å². The summed E-state index contributed by atoms with van der Waals surface area (Å²) < 4.78 is 8.38. The van der Waals surface area contributed by atoms with E-state index in [0.717, 1.165) is 0 Å². The molecule has 3 rings (SSSR count). The first-order valence-electron chi connectivity index (χ1n) is 5.24. The number of nitrogens with zero attached hydrogens (tertiary/aromatic N) is 8. The van der Waals surface area contributed by atoms with E-state index in [1.807, 2.05) is 0 Å². The fourth-order valence-corrected chi connectivity index (χ4v) is 1.38. The molecule has 10 nitrogen and oxygen atoms in total. The Hall–Kier alpha value is -3.04. The maximum atomic E-state index is 5.60. The number of aryl methyl sites for hydroxylation is 1. The summed E-state index contributed by atoms with van der Waals surface area (Å²) in [6.07, 6.45) is 6.02. The van der Waals surface area contributed by atoms with Gasteiger partial charge in [0.1, 0.15) is 12.7 Å². The number of rotatable bonds is 3. The maximum Gasteiger partial charge on any atom is 0.328 e. The van der Waals surface area contributed by atoms with Crippen LogP contribution < -0.4 is 10.5 Å². The Bertz CT molecular complexity index is 690. The highest BCUT2D eigenvalue weighted by Gasteiger charge is 2.09. The van der Waals surface area contributed by atoms with Gasteiger partial charge < -0.3 is 10.5 Å². The van der Waals surface area contributed by atoms with Crippen molar-refractivity contribution < 1.29 is 4.74 Å². The van der Waals surface area contributed by atoms with Gasteiger partial charge in [0.15, 0.2) is 5.75 Å². The average Bonchev–Trinajstić information content (AvgIpc) is 3.00. The summed E-state index contributed by atoms with van der Waals surface area (Å²) in [5.74, 6) is 0.751. The van der Waals surface area contributed by atoms with Crippen LogP contribution in [0.25, 0.3) is 5.95 Å². The van der Waals surface area contributed by atoms with Gasteiger partial charge in [-0.3, -0.25) is 4.68 Å². The number of aromatic nitrogens is 8. The topological polar surface area (TPSA) is 122 Å². The van der Waals surface area contributed by atoms with Crippen LogP contribution in [-0.4, -0.2) is 39.5 Å². The first-order valence-corrected chi connectivity index (χ1v) is 5.24. The van der Waals surface area contributed by atoms with Crippen LogP contribution in [0.15, 0.2) is 25.0 Å². The molecule has 0 spiro atoms. The molecule has 0 aliphatic heterocycles. The van der Waals surface area contributed by atoms with Crippen molar-refractivity contribution in [2.75, 3.05) is 5.73 Å². The zero-order valence-electron chi connectivity index (χ0n) is 9.87. The van der Waals surface area contributed by atoms with Gasteiger partial charge in [-0.25, -0.2) is 4.98 Å². The third kappa shape index (κ3) is 2.31. The van der Waals surface area contributed by atoms with Crippen LogP contribution >= 0.6 is 0 Å². The van der Waals surface area contributed by atoms with Crippen molar-refractivity contribution in [3.8, 4) is 17.7 Å². The molecule has 3 aromatic rings. The van der Waals surface area contributed by atoms with Gasteiger partial charge in [-0.1, -0.05) is 0 Å². The average molecular weight is 259 g/mol. The van der Waals surface area contributed by atoms with E-state index in [1.165, 1.54) is 23.5 Å². The lowest BCUT2D eigenvalue weighted by atomic mass is 10.6. The highest BCUT2D eigenvalue weighted by molar-refractivity contribution is 5.26. The number of hydrogen-bond donors (Lipinski definition) is 1. The minimum Gasteiger partial charge on any atom is -0.421 e. The predicted octanol–water partition coefficient (Wildman–Crippen LogP) is -0.440. The van der Waals surface area contributed by atoms with Crippen LogP contribution in [0, 0.1) is 0 Å². The number of hydrogen-bond acceptors (Lipinski definition) is 8. The molecule has 0 aromatic carbocycles. The second-order valence-corrected chi connectivity index (χ2v) is 3.57. The second-order valence-electron chi connectivity index (χ2n) is 3.57. The van der Waals surface area contributed by atoms with E-state index >= 15 is 0 Å². The normalized spacial score (nSPS) is 10.6. The van der Waals surface area contributed by atoms with Crippen LogP contribution in [0.4, 0.5) is 5.95 Å². The number of anilines is 1. The van der Waals surface area contributed by atoms with Gasteiger partial charge in [0.05, 0.1) is 12.4 Å². The molecule has 0 bridgehead atoms. The number of ether oxygens (including phenoxy) is 1. The Balaban J connectivity index is 1.94. The number of nitrogens with two attached hydrogens (primary N) is 1. The highest BCUT2D eigenvalue weighted by Crippen LogP contribution is 2.17. The van der Waals surface area contributed by atoms with Crippen molar-refractivity contribution in [3.05, 3.63) is 25.0 Å². The van der Waals surface area contributed by atoms with Crippen molar-refractivity contribution in [2.45, 2.75) is 0 Å². The summed E-state index contributed by atoms with van der Waals surface area (Å²) in [7, 11) is 1.77. The molecule has 0 aliphatic rings. The molecule has 2 N–H and O–H groups in total. The lowest BCUT2D eigenvalue weighted by Gasteiger charge is -2.03. The molecule has 0 aliphatic carbocycles. The van der Waals surface area contributed by atoms with E-state index in [2.05, 4.69) is 30.1 Å². The molecule has 0 unspecified atom stereocenters. The van der Waals surface area contributed by atoms with Gasteiger partial charge in [-0.15, -0.1) is 0 Å². The first kappa shape index (κ1) is 11.1. The molecule has 10 heteroatoms. The summed E-state index contributed by atoms with van der Waals surface area (Å²) in [6.45, 7) is 0. The molecule has 96 valence electrons. The molecule has 3 heterocycles. The molecular weight excluding hydrogens is 250 g/mol. The van der Waals surface area contributed by atoms with Crippen molar-refractivity contribution in [1.82, 2.24) is 39.5 Å². The molecule has 0 saturated heterocycles. The Kier molecular flexibility index (Phi) is 2.52. The molecule has 19 heavy (non-hydrogen) atoms. The molecule has 0 atom stereocenters. The zero-order valence-corrected chi connectivity index (χ0v) is 9.87. The third-order valence-corrected chi connectivity index (χ3v) is 2.13. The summed E-state index contributed by atoms with van der Waals surface area (Å²) in [6, 6.07) is 0.0611. The summed E-state index contributed by atoms with van der Waals surface area (Å²) in [5.41, 5.74) is 5.60. The minimum absolute atomic E-state index is 0.0272. The van der Waals surface area contributed by atoms with Crippen LogP contribution in [0.1, 0.15) is 0 Å². The third-order valence-electron chi connectivity index (χ3n) is 2.13. The van der Waals surface area contributed by atoms with E-state index in [0.29, 0.717) is 5.75 Å². The fourth-order valence-electron chi connectivity index (χ4n) is 1.38. The maximum absolute atomic E-state index is 5.60. The van der Waals surface area contributed by atoms with E-state index < -0.39 is 0 Å². The SMILES string of the molecule is Cn1cc(Oc2nc(N)nc(-n3cncn3)n2)cn1. The van der Waals surface area contributed by atoms with E-state index in [9.17, 15) is 0 Å². The van der Waals surface area contributed by atoms with Gasteiger partial charge in [0.25, 0.3) is 5.95 Å². The quantitative estimate of drug-likeness (QED) is 0.671. The van der Waals surface area contributed by atoms with Gasteiger partial charge in [0.2, 0.25) is 5.95 Å². The van der Waals surface area contributed by atoms with Gasteiger partial charge in [-0.2, -0.15) is 29.8 Å². The summed E-state index contributed by atoms with van der Waals surface area (Å²) in [4.78, 5) is 15.7.